The number of aliphatic hydroxyl groups is 1. The van der Waals surface area contributed by atoms with Crippen molar-refractivity contribution in [1.29, 1.82) is 0 Å². The summed E-state index contributed by atoms with van der Waals surface area (Å²) in [6, 6.07) is 19.0. The summed E-state index contributed by atoms with van der Waals surface area (Å²) in [5.41, 5.74) is 1.04. The summed E-state index contributed by atoms with van der Waals surface area (Å²) in [6.45, 7) is 1.84. The zero-order valence-corrected chi connectivity index (χ0v) is 25.8. The van der Waals surface area contributed by atoms with E-state index in [1.54, 1.807) is 51.6 Å². The molecule has 6 nitrogen and oxygen atoms in total. The van der Waals surface area contributed by atoms with Gasteiger partial charge in [-0.2, -0.15) is 13.2 Å². The smallest absolute Gasteiger partial charge is 0.385 e. The molecular weight excluding hydrogens is 623 g/mol. The highest BCUT2D eigenvalue weighted by molar-refractivity contribution is 7.09. The van der Waals surface area contributed by atoms with Crippen molar-refractivity contribution < 1.29 is 27.9 Å². The lowest BCUT2D eigenvalue weighted by Gasteiger charge is -2.38. The minimum absolute atomic E-state index is 0.113. The van der Waals surface area contributed by atoms with E-state index in [1.165, 1.54) is 23.5 Å². The van der Waals surface area contributed by atoms with E-state index in [2.05, 4.69) is 4.98 Å². The summed E-state index contributed by atoms with van der Waals surface area (Å²) in [6.07, 6.45) is -2.21. The fourth-order valence-corrected chi connectivity index (χ4v) is 7.21. The number of amides is 2. The number of hydrogen-bond acceptors (Lipinski definition) is 5. The molecule has 3 heterocycles. The summed E-state index contributed by atoms with van der Waals surface area (Å²) in [5.74, 6) is -0.201. The van der Waals surface area contributed by atoms with Gasteiger partial charge in [0.05, 0.1) is 16.2 Å². The molecule has 3 aromatic carbocycles. The van der Waals surface area contributed by atoms with Crippen molar-refractivity contribution in [2.45, 2.75) is 43.4 Å². The summed E-state index contributed by atoms with van der Waals surface area (Å²) in [4.78, 5) is 35.0. The number of piperidine rings is 2. The third kappa shape index (κ3) is 6.64. The molecule has 0 unspecified atom stereocenters. The van der Waals surface area contributed by atoms with E-state index in [4.69, 9.17) is 11.6 Å². The predicted octanol–water partition coefficient (Wildman–Crippen LogP) is 7.63. The first-order valence-electron chi connectivity index (χ1n) is 14.8. The summed E-state index contributed by atoms with van der Waals surface area (Å²) in [5, 5.41) is 14.4. The van der Waals surface area contributed by atoms with E-state index in [0.717, 1.165) is 22.7 Å². The number of benzene rings is 3. The molecule has 2 saturated heterocycles. The van der Waals surface area contributed by atoms with Gasteiger partial charge in [-0.1, -0.05) is 54.1 Å². The Bertz CT molecular complexity index is 1680. The SMILES string of the molecule is O=C(c1csc(C2CCN(C(=O)c3ccccc3-c3ccc(C(F)(F)F)cc3)CC2)n1)N1CCC(O)(c2ccc(Cl)cc2)CC1. The molecule has 2 amide bonds. The Kier molecular flexibility index (Phi) is 8.74. The molecule has 0 saturated carbocycles. The van der Waals surface area contributed by atoms with Gasteiger partial charge in [0.2, 0.25) is 0 Å². The lowest BCUT2D eigenvalue weighted by molar-refractivity contribution is -0.137. The Morgan fingerprint density at radius 1 is 0.867 bits per heavy atom. The lowest BCUT2D eigenvalue weighted by atomic mass is 9.84. The first-order chi connectivity index (χ1) is 21.5. The average Bonchev–Trinajstić information content (AvgIpc) is 3.55. The van der Waals surface area contributed by atoms with Gasteiger partial charge in [0.15, 0.2) is 0 Å². The monoisotopic (exact) mass is 653 g/mol. The molecule has 45 heavy (non-hydrogen) atoms. The Hall–Kier alpha value is -3.73. The highest BCUT2D eigenvalue weighted by Gasteiger charge is 2.36. The summed E-state index contributed by atoms with van der Waals surface area (Å²) >= 11 is 7.44. The van der Waals surface area contributed by atoms with Crippen molar-refractivity contribution in [2.24, 2.45) is 0 Å². The molecule has 2 aliphatic rings. The van der Waals surface area contributed by atoms with E-state index in [-0.39, 0.29) is 17.7 Å². The molecule has 2 aliphatic heterocycles. The van der Waals surface area contributed by atoms with Gasteiger partial charge in [-0.3, -0.25) is 9.59 Å². The number of likely N-dealkylation sites (tertiary alicyclic amines) is 2. The van der Waals surface area contributed by atoms with Crippen LogP contribution in [0.1, 0.15) is 68.6 Å². The minimum Gasteiger partial charge on any atom is -0.385 e. The van der Waals surface area contributed by atoms with Crippen molar-refractivity contribution in [3.63, 3.8) is 0 Å². The van der Waals surface area contributed by atoms with Crippen molar-refractivity contribution in [3.05, 3.63) is 111 Å². The van der Waals surface area contributed by atoms with Crippen molar-refractivity contribution in [2.75, 3.05) is 26.2 Å². The highest BCUT2D eigenvalue weighted by Crippen LogP contribution is 2.36. The second-order valence-electron chi connectivity index (χ2n) is 11.6. The predicted molar refractivity (Wildman–Crippen MR) is 167 cm³/mol. The largest absolute Gasteiger partial charge is 0.416 e. The van der Waals surface area contributed by atoms with Crippen LogP contribution in [0.2, 0.25) is 5.02 Å². The number of carbonyl (C=O) groups is 2. The maximum Gasteiger partial charge on any atom is 0.416 e. The van der Waals surface area contributed by atoms with Gasteiger partial charge in [-0.15, -0.1) is 11.3 Å². The molecule has 1 N–H and O–H groups in total. The first-order valence-corrected chi connectivity index (χ1v) is 16.1. The van der Waals surface area contributed by atoms with Crippen LogP contribution in [-0.2, 0) is 11.8 Å². The molecule has 6 rings (SSSR count). The molecule has 0 aliphatic carbocycles. The van der Waals surface area contributed by atoms with Gasteiger partial charge in [0.25, 0.3) is 11.8 Å². The zero-order valence-electron chi connectivity index (χ0n) is 24.3. The minimum atomic E-state index is -4.43. The van der Waals surface area contributed by atoms with Crippen LogP contribution in [0.4, 0.5) is 13.2 Å². The molecule has 2 fully saturated rings. The molecule has 0 radical (unpaired) electrons. The number of aromatic nitrogens is 1. The van der Waals surface area contributed by atoms with Gasteiger partial charge in [-0.25, -0.2) is 4.98 Å². The van der Waals surface area contributed by atoms with Crippen molar-refractivity contribution in [1.82, 2.24) is 14.8 Å². The van der Waals surface area contributed by atoms with Crippen LogP contribution in [0.15, 0.2) is 78.2 Å². The van der Waals surface area contributed by atoms with E-state index >= 15 is 0 Å². The average molecular weight is 654 g/mol. The number of rotatable bonds is 5. The van der Waals surface area contributed by atoms with Gasteiger partial charge in [0, 0.05) is 48.1 Å². The molecule has 234 valence electrons. The van der Waals surface area contributed by atoms with Crippen LogP contribution in [0.25, 0.3) is 11.1 Å². The fraction of sp³-hybridized carbons (Fsp3) is 0.324. The summed E-state index contributed by atoms with van der Waals surface area (Å²) < 4.78 is 39.1. The van der Waals surface area contributed by atoms with Gasteiger partial charge < -0.3 is 14.9 Å². The Labute approximate surface area is 268 Å². The fourth-order valence-electron chi connectivity index (χ4n) is 6.12. The lowest BCUT2D eigenvalue weighted by Crippen LogP contribution is -2.45. The Morgan fingerprint density at radius 3 is 2.13 bits per heavy atom. The summed E-state index contributed by atoms with van der Waals surface area (Å²) in [7, 11) is 0. The molecule has 0 atom stereocenters. The van der Waals surface area contributed by atoms with E-state index in [9.17, 15) is 27.9 Å². The highest BCUT2D eigenvalue weighted by atomic mass is 35.5. The van der Waals surface area contributed by atoms with Crippen LogP contribution in [0.5, 0.6) is 0 Å². The van der Waals surface area contributed by atoms with Crippen molar-refractivity contribution in [3.8, 4) is 11.1 Å². The third-order valence-corrected chi connectivity index (χ3v) is 10.1. The van der Waals surface area contributed by atoms with E-state index in [0.29, 0.717) is 79.3 Å². The molecular formula is C34H31ClF3N3O3S. The number of halogens is 4. The number of alkyl halides is 3. The van der Waals surface area contributed by atoms with Gasteiger partial charge in [0.1, 0.15) is 5.69 Å². The third-order valence-electron chi connectivity index (χ3n) is 8.81. The normalized spacial score (nSPS) is 17.4. The van der Waals surface area contributed by atoms with E-state index < -0.39 is 17.3 Å². The number of hydrogen-bond donors (Lipinski definition) is 1. The molecule has 4 aromatic rings. The van der Waals surface area contributed by atoms with Crippen LogP contribution in [0, 0.1) is 0 Å². The van der Waals surface area contributed by atoms with Crippen LogP contribution >= 0.6 is 22.9 Å². The first kappa shape index (κ1) is 31.3. The maximum atomic E-state index is 13.5. The van der Waals surface area contributed by atoms with Crippen LogP contribution in [0.3, 0.4) is 0 Å². The topological polar surface area (TPSA) is 73.7 Å². The number of nitrogens with zero attached hydrogens (tertiary/aromatic N) is 3. The number of thiazole rings is 1. The second kappa shape index (κ2) is 12.6. The molecule has 0 bridgehead atoms. The standard InChI is InChI=1S/C34H31ClF3N3O3S/c35-26-11-9-24(10-12-26)33(44)15-19-41(20-16-33)32(43)29-21-45-30(39-29)23-13-17-40(18-14-23)31(42)28-4-2-1-3-27(28)22-5-7-25(8-6-22)34(36,37)38/h1-12,21,23,44H,13-20H2. The van der Waals surface area contributed by atoms with Crippen LogP contribution < -0.4 is 0 Å². The van der Waals surface area contributed by atoms with Gasteiger partial charge in [-0.05, 0) is 72.7 Å². The Balaban J connectivity index is 1.06. The van der Waals surface area contributed by atoms with Crippen LogP contribution in [-0.4, -0.2) is 57.9 Å². The Morgan fingerprint density at radius 2 is 1.49 bits per heavy atom. The maximum absolute atomic E-state index is 13.5. The molecule has 1 aromatic heterocycles. The van der Waals surface area contributed by atoms with Gasteiger partial charge >= 0.3 is 6.18 Å². The zero-order chi connectivity index (χ0) is 31.8. The van der Waals surface area contributed by atoms with E-state index in [1.807, 2.05) is 12.1 Å². The second-order valence-corrected chi connectivity index (χ2v) is 12.9. The molecule has 0 spiro atoms. The molecule has 11 heteroatoms. The van der Waals surface area contributed by atoms with Crippen molar-refractivity contribution >= 4 is 34.8 Å². The quantitative estimate of drug-likeness (QED) is 0.240. The number of carbonyl (C=O) groups excluding carboxylic acids is 2.